The molecule has 1 rings (SSSR count). The summed E-state index contributed by atoms with van der Waals surface area (Å²) in [5.74, 6) is -13.3. The summed E-state index contributed by atoms with van der Waals surface area (Å²) in [5, 5.41) is 10.1. The lowest BCUT2D eigenvalue weighted by molar-refractivity contribution is -0.361. The first-order chi connectivity index (χ1) is 10.6. The van der Waals surface area contributed by atoms with Gasteiger partial charge in [0.15, 0.2) is 0 Å². The van der Waals surface area contributed by atoms with Crippen molar-refractivity contribution in [2.45, 2.75) is 43.9 Å². The maximum atomic E-state index is 13.5. The van der Waals surface area contributed by atoms with Gasteiger partial charge in [0.2, 0.25) is 0 Å². The van der Waals surface area contributed by atoms with Crippen LogP contribution in [0, 0.1) is 0 Å². The molecule has 0 amide bonds. The maximum Gasteiger partial charge on any atom is 0.459 e. The van der Waals surface area contributed by atoms with E-state index in [1.54, 1.807) is 0 Å². The average molecular weight is 362 g/mol. The zero-order valence-corrected chi connectivity index (χ0v) is 12.4. The van der Waals surface area contributed by atoms with Crippen LogP contribution in [0.5, 0.6) is 5.75 Å². The topological polar surface area (TPSA) is 46.5 Å². The van der Waals surface area contributed by atoms with Gasteiger partial charge in [0.1, 0.15) is 5.75 Å². The minimum Gasteiger partial charge on any atom is -0.426 e. The van der Waals surface area contributed by atoms with Crippen LogP contribution in [0.2, 0.25) is 0 Å². The van der Waals surface area contributed by atoms with Crippen molar-refractivity contribution in [3.63, 3.8) is 0 Å². The maximum absolute atomic E-state index is 13.5. The molecule has 0 aromatic heterocycles. The summed E-state index contributed by atoms with van der Waals surface area (Å²) in [6.45, 7) is 1.58. The molecule has 1 atom stereocenters. The predicted molar refractivity (Wildman–Crippen MR) is 67.9 cm³/mol. The van der Waals surface area contributed by atoms with Gasteiger partial charge < -0.3 is 9.84 Å². The Morgan fingerprint density at radius 3 is 2.04 bits per heavy atom. The van der Waals surface area contributed by atoms with Gasteiger partial charge in [-0.3, -0.25) is 4.79 Å². The molecule has 0 saturated carbocycles. The van der Waals surface area contributed by atoms with Gasteiger partial charge >= 0.3 is 24.0 Å². The van der Waals surface area contributed by atoms with Crippen LogP contribution in [0.1, 0.15) is 25.8 Å². The van der Waals surface area contributed by atoms with Gasteiger partial charge in [-0.2, -0.15) is 30.7 Å². The third kappa shape index (κ3) is 3.97. The smallest absolute Gasteiger partial charge is 0.426 e. The van der Waals surface area contributed by atoms with Crippen molar-refractivity contribution in [1.29, 1.82) is 0 Å². The fraction of sp³-hybridized carbons (Fsp3) is 0.500. The van der Waals surface area contributed by atoms with Gasteiger partial charge in [-0.05, 0) is 13.0 Å². The summed E-state index contributed by atoms with van der Waals surface area (Å²) in [6.07, 6.45) is -8.74. The second-order valence-corrected chi connectivity index (χ2v) is 5.32. The van der Waals surface area contributed by atoms with E-state index in [0.29, 0.717) is 6.92 Å². The summed E-state index contributed by atoms with van der Waals surface area (Å²) in [5.41, 5.74) is -3.36. The normalized spacial score (nSPS) is 15.8. The summed E-state index contributed by atoms with van der Waals surface area (Å²) >= 11 is 0. The molecule has 0 aliphatic rings. The lowest BCUT2D eigenvalue weighted by atomic mass is 9.87. The minimum atomic E-state index is -6.50. The number of alkyl halides is 7. The molecule has 10 heteroatoms. The van der Waals surface area contributed by atoms with Crippen molar-refractivity contribution in [2.24, 2.45) is 0 Å². The van der Waals surface area contributed by atoms with Crippen LogP contribution < -0.4 is 4.74 Å². The Bertz CT molecular complexity index is 609. The van der Waals surface area contributed by atoms with Crippen LogP contribution in [0.3, 0.4) is 0 Å². The van der Waals surface area contributed by atoms with E-state index in [1.165, 1.54) is 12.1 Å². The lowest BCUT2D eigenvalue weighted by Gasteiger charge is -2.34. The zero-order chi connectivity index (χ0) is 19.0. The second-order valence-electron chi connectivity index (χ2n) is 5.32. The fourth-order valence-electron chi connectivity index (χ4n) is 2.00. The van der Waals surface area contributed by atoms with Gasteiger partial charge in [0.05, 0.1) is 12.0 Å². The minimum absolute atomic E-state index is 0.430. The van der Waals surface area contributed by atoms with Crippen molar-refractivity contribution in [1.82, 2.24) is 0 Å². The highest BCUT2D eigenvalue weighted by atomic mass is 19.4. The van der Waals surface area contributed by atoms with Crippen LogP contribution in [0.25, 0.3) is 0 Å². The Labute approximate surface area is 132 Å². The van der Waals surface area contributed by atoms with Crippen LogP contribution in [-0.4, -0.2) is 29.1 Å². The number of halogens is 7. The van der Waals surface area contributed by atoms with Crippen molar-refractivity contribution < 1.29 is 45.4 Å². The summed E-state index contributed by atoms with van der Waals surface area (Å²) in [4.78, 5) is 10.9. The molecule has 0 saturated heterocycles. The summed E-state index contributed by atoms with van der Waals surface area (Å²) in [7, 11) is 0. The molecule has 1 N–H and O–H groups in total. The van der Waals surface area contributed by atoms with Gasteiger partial charge in [-0.15, -0.1) is 0 Å². The third-order valence-electron chi connectivity index (χ3n) is 3.10. The van der Waals surface area contributed by atoms with E-state index < -0.39 is 47.3 Å². The van der Waals surface area contributed by atoms with E-state index in [0.717, 1.165) is 19.1 Å². The Kier molecular flexibility index (Phi) is 5.24. The van der Waals surface area contributed by atoms with Gasteiger partial charge in [-0.25, -0.2) is 0 Å². The standard InChI is InChI=1S/C14H13F7O3/c1-8(22)24-10-6-4-3-5-9(10)11(2,23)7-12(15,16)13(17,18)14(19,20)21/h3-6,23H,7H2,1-2H3. The van der Waals surface area contributed by atoms with E-state index in [1.807, 2.05) is 0 Å². The molecule has 0 aliphatic heterocycles. The molecule has 0 aliphatic carbocycles. The first kappa shape index (κ1) is 20.2. The molecule has 1 aromatic rings. The number of aliphatic hydroxyl groups is 1. The molecule has 0 spiro atoms. The SMILES string of the molecule is CC(=O)Oc1ccccc1C(C)(O)CC(F)(F)C(F)(F)C(F)(F)F. The number of hydrogen-bond donors (Lipinski definition) is 1. The highest BCUT2D eigenvalue weighted by Gasteiger charge is 2.73. The molecule has 136 valence electrons. The molecule has 0 heterocycles. The number of hydrogen-bond acceptors (Lipinski definition) is 3. The molecule has 0 bridgehead atoms. The Balaban J connectivity index is 3.25. The molecular weight excluding hydrogens is 349 g/mol. The predicted octanol–water partition coefficient (Wildman–Crippen LogP) is 4.04. The average Bonchev–Trinajstić information content (AvgIpc) is 2.35. The fourth-order valence-corrected chi connectivity index (χ4v) is 2.00. The van der Waals surface area contributed by atoms with E-state index in [-0.39, 0.29) is 0 Å². The molecule has 1 aromatic carbocycles. The summed E-state index contributed by atoms with van der Waals surface area (Å²) in [6, 6.07) is 4.54. The molecule has 1 unspecified atom stereocenters. The van der Waals surface area contributed by atoms with E-state index in [2.05, 4.69) is 4.74 Å². The highest BCUT2D eigenvalue weighted by molar-refractivity contribution is 5.70. The summed E-state index contributed by atoms with van der Waals surface area (Å²) < 4.78 is 94.2. The molecule has 3 nitrogen and oxygen atoms in total. The Morgan fingerprint density at radius 2 is 1.58 bits per heavy atom. The number of carbonyl (C=O) groups is 1. The van der Waals surface area contributed by atoms with Crippen LogP contribution in [0.15, 0.2) is 24.3 Å². The Hall–Kier alpha value is -1.84. The molecule has 0 radical (unpaired) electrons. The monoisotopic (exact) mass is 362 g/mol. The second kappa shape index (κ2) is 6.23. The quantitative estimate of drug-likeness (QED) is 0.489. The number of para-hydroxylation sites is 1. The highest BCUT2D eigenvalue weighted by Crippen LogP contribution is 2.51. The number of carbonyl (C=O) groups excluding carboxylic acids is 1. The van der Waals surface area contributed by atoms with Crippen molar-refractivity contribution >= 4 is 5.97 Å². The van der Waals surface area contributed by atoms with E-state index in [9.17, 15) is 40.6 Å². The number of benzene rings is 1. The number of rotatable bonds is 5. The Morgan fingerprint density at radius 1 is 1.08 bits per heavy atom. The number of ether oxygens (including phenoxy) is 1. The lowest BCUT2D eigenvalue weighted by Crippen LogP contribution is -2.54. The van der Waals surface area contributed by atoms with Crippen LogP contribution in [-0.2, 0) is 10.4 Å². The van der Waals surface area contributed by atoms with Crippen molar-refractivity contribution in [3.8, 4) is 5.75 Å². The van der Waals surface area contributed by atoms with Gasteiger partial charge in [0.25, 0.3) is 0 Å². The zero-order valence-electron chi connectivity index (χ0n) is 12.4. The third-order valence-corrected chi connectivity index (χ3v) is 3.10. The number of esters is 1. The largest absolute Gasteiger partial charge is 0.459 e. The van der Waals surface area contributed by atoms with Crippen molar-refractivity contribution in [3.05, 3.63) is 29.8 Å². The van der Waals surface area contributed by atoms with E-state index in [4.69, 9.17) is 0 Å². The van der Waals surface area contributed by atoms with E-state index >= 15 is 0 Å². The van der Waals surface area contributed by atoms with Crippen molar-refractivity contribution in [2.75, 3.05) is 0 Å². The van der Waals surface area contributed by atoms with Gasteiger partial charge in [0, 0.05) is 12.5 Å². The molecule has 0 fully saturated rings. The molecular formula is C14H13F7O3. The first-order valence-electron chi connectivity index (χ1n) is 6.44. The van der Waals surface area contributed by atoms with Crippen LogP contribution >= 0.6 is 0 Å². The molecule has 24 heavy (non-hydrogen) atoms. The first-order valence-corrected chi connectivity index (χ1v) is 6.44. The van der Waals surface area contributed by atoms with Gasteiger partial charge in [-0.1, -0.05) is 18.2 Å². The van der Waals surface area contributed by atoms with Crippen LogP contribution in [0.4, 0.5) is 30.7 Å².